The standard InChI is InChI=1S/Nb.3H3O4P.2Zn/c;3*1-5(2,3)4;;/h;3*(H3,1,2,3,4);;/q+5;;;;2*+2/p-9. The van der Waals surface area contributed by atoms with Gasteiger partial charge in [0.05, 0.1) is 0 Å². The van der Waals surface area contributed by atoms with Crippen molar-refractivity contribution in [2.24, 2.45) is 0 Å². The minimum absolute atomic E-state index is 0. The SMILES string of the molecule is O=P([O-])([O-])[O-].O=P([O-])([O-])[O-].O=P([O-])([O-])[O-].[Nb+5].[Zn+2].[Zn+2]. The monoisotopic (exact) mass is 506 g/mol. The topological polar surface area (TPSA) is 259 Å². The molecule has 0 heterocycles. The van der Waals surface area contributed by atoms with Crippen LogP contribution in [0, 0.1) is 0 Å². The van der Waals surface area contributed by atoms with Crippen molar-refractivity contribution in [2.45, 2.75) is 0 Å². The number of hydrogen-bond acceptors (Lipinski definition) is 12. The van der Waals surface area contributed by atoms with Gasteiger partial charge in [-0.25, -0.2) is 0 Å². The van der Waals surface area contributed by atoms with E-state index in [1.165, 1.54) is 0 Å². The maximum Gasteiger partial charge on any atom is 5.00 e. The van der Waals surface area contributed by atoms with E-state index in [0.29, 0.717) is 0 Å². The van der Waals surface area contributed by atoms with Crippen LogP contribution >= 0.6 is 23.5 Å². The molecule has 0 aromatic carbocycles. The van der Waals surface area contributed by atoms with Crippen LogP contribution in [0.4, 0.5) is 0 Å². The molecule has 18 heavy (non-hydrogen) atoms. The number of phosphoric acid groups is 3. The van der Waals surface area contributed by atoms with E-state index in [9.17, 15) is 0 Å². The molecule has 0 rings (SSSR count). The van der Waals surface area contributed by atoms with Crippen LogP contribution in [0.5, 0.6) is 0 Å². The second kappa shape index (κ2) is 15.7. The van der Waals surface area contributed by atoms with Crippen LogP contribution in [0.3, 0.4) is 0 Å². The molecule has 0 aliphatic carbocycles. The molecule has 18 heteroatoms. The molecule has 96 valence electrons. The molecule has 0 saturated carbocycles. The second-order valence-electron chi connectivity index (χ2n) is 1.34. The molecule has 0 bridgehead atoms. The normalized spacial score (nSPS) is 9.83. The summed E-state index contributed by atoms with van der Waals surface area (Å²) in [7, 11) is -16.2. The van der Waals surface area contributed by atoms with Gasteiger partial charge in [-0.05, 0) is 0 Å². The van der Waals surface area contributed by atoms with Gasteiger partial charge in [0.25, 0.3) is 0 Å². The maximum atomic E-state index is 8.55. The van der Waals surface area contributed by atoms with Gasteiger partial charge in [-0.2, -0.15) is 23.5 Å². The van der Waals surface area contributed by atoms with E-state index in [4.69, 9.17) is 57.7 Å². The zero-order chi connectivity index (χ0) is 13.5. The van der Waals surface area contributed by atoms with Gasteiger partial charge >= 0.3 is 61.3 Å². The first-order chi connectivity index (χ1) is 6.00. The van der Waals surface area contributed by atoms with Crippen LogP contribution in [-0.4, -0.2) is 0 Å². The van der Waals surface area contributed by atoms with Crippen molar-refractivity contribution in [1.82, 2.24) is 0 Å². The van der Waals surface area contributed by atoms with Crippen molar-refractivity contribution in [3.05, 3.63) is 0 Å². The molecule has 0 saturated heterocycles. The zero-order valence-corrected chi connectivity index (χ0v) is 18.9. The molecule has 0 fully saturated rings. The molecule has 0 aliphatic heterocycles. The first-order valence-corrected chi connectivity index (χ1v) is 6.57. The van der Waals surface area contributed by atoms with Crippen molar-refractivity contribution in [2.75, 3.05) is 0 Å². The minimum Gasteiger partial charge on any atom is -0.822 e. The Kier molecular flexibility index (Phi) is 32.3. The third-order valence-electron chi connectivity index (χ3n) is 0. The van der Waals surface area contributed by atoms with Crippen LogP contribution in [0.2, 0.25) is 0 Å². The molecule has 0 amide bonds. The quantitative estimate of drug-likeness (QED) is 0.218. The Hall–Kier alpha value is 2.32. The van der Waals surface area contributed by atoms with E-state index in [2.05, 4.69) is 0 Å². The third-order valence-corrected chi connectivity index (χ3v) is 0. The van der Waals surface area contributed by atoms with E-state index in [0.717, 1.165) is 0 Å². The third kappa shape index (κ3) is 1020. The summed E-state index contributed by atoms with van der Waals surface area (Å²) in [5.41, 5.74) is 0. The molecule has 0 aromatic heterocycles. The summed E-state index contributed by atoms with van der Waals surface area (Å²) in [5, 5.41) is 0. The summed E-state index contributed by atoms with van der Waals surface area (Å²) >= 11 is 0. The number of hydrogen-bond donors (Lipinski definition) is 0. The van der Waals surface area contributed by atoms with Gasteiger partial charge in [0.2, 0.25) is 0 Å². The van der Waals surface area contributed by atoms with Crippen LogP contribution in [0.15, 0.2) is 0 Å². The summed E-state index contributed by atoms with van der Waals surface area (Å²) in [6.45, 7) is 0. The van der Waals surface area contributed by atoms with Gasteiger partial charge in [0.1, 0.15) is 0 Å². The first kappa shape index (κ1) is 37.0. The predicted octanol–water partition coefficient (Wildman–Crippen LogP) is -8.48. The van der Waals surface area contributed by atoms with E-state index >= 15 is 0 Å². The summed E-state index contributed by atoms with van der Waals surface area (Å²) in [6, 6.07) is 0. The van der Waals surface area contributed by atoms with Crippen molar-refractivity contribution >= 4 is 23.5 Å². The molecular weight excluding hydrogens is 509 g/mol. The largest absolute Gasteiger partial charge is 5.00 e. The van der Waals surface area contributed by atoms with Gasteiger partial charge in [-0.15, -0.1) is 0 Å². The van der Waals surface area contributed by atoms with Gasteiger partial charge < -0.3 is 57.7 Å². The fourth-order valence-corrected chi connectivity index (χ4v) is 0. The maximum absolute atomic E-state index is 8.55. The Bertz CT molecular complexity index is 211. The Balaban J connectivity index is -0.0000000277. The molecule has 0 N–H and O–H groups in total. The fourth-order valence-electron chi connectivity index (χ4n) is 0. The van der Waals surface area contributed by atoms with Gasteiger partial charge in [0.15, 0.2) is 0 Å². The van der Waals surface area contributed by atoms with E-state index in [1.54, 1.807) is 0 Å². The van der Waals surface area contributed by atoms with Crippen molar-refractivity contribution in [3.63, 3.8) is 0 Å². The summed E-state index contributed by atoms with van der Waals surface area (Å²) < 4.78 is 25.6. The Morgan fingerprint density at radius 2 is 0.444 bits per heavy atom. The fraction of sp³-hybridized carbons (Fsp3) is 0. The summed E-state index contributed by atoms with van der Waals surface area (Å²) in [6.07, 6.45) is 0. The molecule has 0 radical (unpaired) electrons. The summed E-state index contributed by atoms with van der Waals surface area (Å²) in [5.74, 6) is 0. The molecule has 0 unspecified atom stereocenters. The Labute approximate surface area is 142 Å². The number of rotatable bonds is 0. The van der Waals surface area contributed by atoms with Gasteiger partial charge in [-0.3, -0.25) is 0 Å². The zero-order valence-electron chi connectivity index (χ0n) is 8.10. The van der Waals surface area contributed by atoms with Crippen molar-refractivity contribution in [3.8, 4) is 0 Å². The molecule has 0 aromatic rings. The van der Waals surface area contributed by atoms with Gasteiger partial charge in [-0.1, -0.05) is 0 Å². The molecule has 12 nitrogen and oxygen atoms in total. The molecule has 0 aliphatic rings. The summed E-state index contributed by atoms with van der Waals surface area (Å²) in [4.78, 5) is 76.9. The van der Waals surface area contributed by atoms with Crippen molar-refractivity contribution < 1.29 is 119 Å². The minimum atomic E-state index is -5.39. The molecular formula is NbO12P3Zn2. The predicted molar refractivity (Wildman–Crippen MR) is 22.8 cm³/mol. The van der Waals surface area contributed by atoms with Crippen LogP contribution in [-0.2, 0) is 75.0 Å². The van der Waals surface area contributed by atoms with E-state index in [-0.39, 0.29) is 61.3 Å². The van der Waals surface area contributed by atoms with Crippen LogP contribution in [0.1, 0.15) is 0 Å². The van der Waals surface area contributed by atoms with E-state index < -0.39 is 23.5 Å². The average Bonchev–Trinajstić information content (AvgIpc) is 1.41. The average molecular weight is 509 g/mol. The molecule has 0 atom stereocenters. The molecule has 0 spiro atoms. The van der Waals surface area contributed by atoms with E-state index in [1.807, 2.05) is 0 Å². The second-order valence-corrected chi connectivity index (χ2v) is 4.02. The first-order valence-electron chi connectivity index (χ1n) is 2.19. The Morgan fingerprint density at radius 1 is 0.444 bits per heavy atom. The van der Waals surface area contributed by atoms with Crippen LogP contribution < -0.4 is 44.0 Å². The smallest absolute Gasteiger partial charge is 0.822 e. The van der Waals surface area contributed by atoms with Crippen molar-refractivity contribution in [1.29, 1.82) is 0 Å². The van der Waals surface area contributed by atoms with Crippen LogP contribution in [0.25, 0.3) is 0 Å². The van der Waals surface area contributed by atoms with Gasteiger partial charge in [0, 0.05) is 0 Å². The Morgan fingerprint density at radius 3 is 0.444 bits per heavy atom.